The Kier molecular flexibility index (Phi) is 7.02. The van der Waals surface area contributed by atoms with Gasteiger partial charge in [-0.1, -0.05) is 39.2 Å². The molecule has 1 aromatic rings. The molecule has 0 spiro atoms. The molecule has 1 aromatic carbocycles. The summed E-state index contributed by atoms with van der Waals surface area (Å²) in [7, 11) is 0. The first-order chi connectivity index (χ1) is 8.72. The summed E-state index contributed by atoms with van der Waals surface area (Å²) in [6.07, 6.45) is 5.59. The normalized spacial score (nSPS) is 12.2. The number of carbonyl (C=O) groups is 1. The first kappa shape index (κ1) is 15.2. The number of carbonyl (C=O) groups excluding carboxylic acids is 1. The van der Waals surface area contributed by atoms with Crippen LogP contribution in [0.5, 0.6) is 5.75 Å². The molecule has 0 aromatic heterocycles. The Balaban J connectivity index is 2.64. The molecule has 3 heteroatoms. The largest absolute Gasteiger partial charge is 0.491 e. The van der Waals surface area contributed by atoms with Crippen molar-refractivity contribution in [2.24, 2.45) is 5.92 Å². The highest BCUT2D eigenvalue weighted by molar-refractivity contribution is 9.10. The van der Waals surface area contributed by atoms with Gasteiger partial charge in [0.25, 0.3) is 0 Å². The van der Waals surface area contributed by atoms with Crippen LogP contribution in [0, 0.1) is 5.92 Å². The van der Waals surface area contributed by atoms with Crippen LogP contribution in [-0.4, -0.2) is 12.9 Å². The summed E-state index contributed by atoms with van der Waals surface area (Å²) in [6, 6.07) is 5.52. The molecule has 1 rings (SSSR count). The lowest BCUT2D eigenvalue weighted by Gasteiger charge is -2.17. The van der Waals surface area contributed by atoms with Gasteiger partial charge >= 0.3 is 0 Å². The van der Waals surface area contributed by atoms with E-state index in [2.05, 4.69) is 29.8 Å². The number of unbranched alkanes of at least 4 members (excludes halogenated alkanes) is 1. The number of benzene rings is 1. The van der Waals surface area contributed by atoms with Gasteiger partial charge in [0.1, 0.15) is 5.75 Å². The molecule has 0 aliphatic rings. The van der Waals surface area contributed by atoms with E-state index < -0.39 is 0 Å². The van der Waals surface area contributed by atoms with Gasteiger partial charge in [-0.25, -0.2) is 0 Å². The van der Waals surface area contributed by atoms with Crippen molar-refractivity contribution in [2.45, 2.75) is 39.5 Å². The van der Waals surface area contributed by atoms with Gasteiger partial charge in [-0.3, -0.25) is 4.79 Å². The standard InChI is InChI=1S/C15H21BrO2/c1-3-5-7-12(4-2)11-18-15-13(10-17)8-6-9-14(15)16/h6,8-10,12H,3-5,7,11H2,1-2H3. The minimum Gasteiger partial charge on any atom is -0.491 e. The highest BCUT2D eigenvalue weighted by atomic mass is 79.9. The molecule has 0 N–H and O–H groups in total. The first-order valence-corrected chi connectivity index (χ1v) is 7.38. The van der Waals surface area contributed by atoms with E-state index in [1.54, 1.807) is 6.07 Å². The molecule has 0 aliphatic heterocycles. The molecule has 1 unspecified atom stereocenters. The minimum atomic E-state index is 0.566. The van der Waals surface area contributed by atoms with Crippen molar-refractivity contribution < 1.29 is 9.53 Å². The molecule has 0 aliphatic carbocycles. The van der Waals surface area contributed by atoms with Gasteiger partial charge in [0.2, 0.25) is 0 Å². The Morgan fingerprint density at radius 1 is 1.39 bits per heavy atom. The molecule has 0 saturated heterocycles. The molecule has 0 fully saturated rings. The van der Waals surface area contributed by atoms with Crippen LogP contribution in [-0.2, 0) is 0 Å². The fraction of sp³-hybridized carbons (Fsp3) is 0.533. The molecule has 100 valence electrons. The quantitative estimate of drug-likeness (QED) is 0.641. The molecule has 0 amide bonds. The number of halogens is 1. The summed E-state index contributed by atoms with van der Waals surface area (Å²) in [5.41, 5.74) is 0.606. The van der Waals surface area contributed by atoms with E-state index in [9.17, 15) is 4.79 Å². The highest BCUT2D eigenvalue weighted by Crippen LogP contribution is 2.29. The number of ether oxygens (including phenoxy) is 1. The molecule has 0 saturated carbocycles. The van der Waals surface area contributed by atoms with Gasteiger partial charge in [-0.05, 0) is 40.4 Å². The number of hydrogen-bond donors (Lipinski definition) is 0. The fourth-order valence-corrected chi connectivity index (χ4v) is 2.37. The summed E-state index contributed by atoms with van der Waals surface area (Å²) in [5.74, 6) is 1.24. The molecule has 0 heterocycles. The number of hydrogen-bond acceptors (Lipinski definition) is 2. The van der Waals surface area contributed by atoms with Crippen molar-refractivity contribution in [3.63, 3.8) is 0 Å². The van der Waals surface area contributed by atoms with Gasteiger partial charge in [0.05, 0.1) is 16.6 Å². The lowest BCUT2D eigenvalue weighted by atomic mass is 10.0. The molecule has 18 heavy (non-hydrogen) atoms. The van der Waals surface area contributed by atoms with Crippen molar-refractivity contribution in [2.75, 3.05) is 6.61 Å². The summed E-state index contributed by atoms with van der Waals surface area (Å²) >= 11 is 3.43. The maximum Gasteiger partial charge on any atom is 0.153 e. The second-order valence-electron chi connectivity index (χ2n) is 4.50. The Morgan fingerprint density at radius 2 is 2.17 bits per heavy atom. The monoisotopic (exact) mass is 312 g/mol. The Bertz CT molecular complexity index is 377. The van der Waals surface area contributed by atoms with Gasteiger partial charge < -0.3 is 4.74 Å². The average molecular weight is 313 g/mol. The Morgan fingerprint density at radius 3 is 2.78 bits per heavy atom. The van der Waals surface area contributed by atoms with Crippen molar-refractivity contribution in [1.29, 1.82) is 0 Å². The van der Waals surface area contributed by atoms with Crippen LogP contribution in [0.3, 0.4) is 0 Å². The van der Waals surface area contributed by atoms with Crippen molar-refractivity contribution in [3.05, 3.63) is 28.2 Å². The first-order valence-electron chi connectivity index (χ1n) is 6.59. The van der Waals surface area contributed by atoms with Crippen LogP contribution in [0.2, 0.25) is 0 Å². The van der Waals surface area contributed by atoms with Gasteiger partial charge in [-0.2, -0.15) is 0 Å². The lowest BCUT2D eigenvalue weighted by Crippen LogP contribution is -2.12. The topological polar surface area (TPSA) is 26.3 Å². The highest BCUT2D eigenvalue weighted by Gasteiger charge is 2.11. The predicted octanol–water partition coefficient (Wildman–Crippen LogP) is 4.86. The zero-order valence-corrected chi connectivity index (χ0v) is 12.7. The molecule has 0 bridgehead atoms. The zero-order valence-electron chi connectivity index (χ0n) is 11.1. The Hall–Kier alpha value is -0.830. The van der Waals surface area contributed by atoms with E-state index in [4.69, 9.17) is 4.74 Å². The van der Waals surface area contributed by atoms with Gasteiger partial charge in [-0.15, -0.1) is 0 Å². The van der Waals surface area contributed by atoms with E-state index in [1.165, 1.54) is 19.3 Å². The summed E-state index contributed by atoms with van der Waals surface area (Å²) in [6.45, 7) is 5.07. The smallest absolute Gasteiger partial charge is 0.153 e. The van der Waals surface area contributed by atoms with E-state index in [0.717, 1.165) is 17.2 Å². The van der Waals surface area contributed by atoms with Crippen LogP contribution in [0.1, 0.15) is 49.9 Å². The molecule has 2 nitrogen and oxygen atoms in total. The van der Waals surface area contributed by atoms with Crippen molar-refractivity contribution in [3.8, 4) is 5.75 Å². The maximum atomic E-state index is 11.0. The maximum absolute atomic E-state index is 11.0. The third-order valence-corrected chi connectivity index (χ3v) is 3.76. The van der Waals surface area contributed by atoms with Crippen molar-refractivity contribution in [1.82, 2.24) is 0 Å². The Labute approximate surface area is 118 Å². The third kappa shape index (κ3) is 4.45. The van der Waals surface area contributed by atoms with Crippen LogP contribution in [0.25, 0.3) is 0 Å². The van der Waals surface area contributed by atoms with E-state index in [1.807, 2.05) is 12.1 Å². The average Bonchev–Trinajstić information content (AvgIpc) is 2.40. The van der Waals surface area contributed by atoms with E-state index >= 15 is 0 Å². The second kappa shape index (κ2) is 8.30. The second-order valence-corrected chi connectivity index (χ2v) is 5.36. The number of para-hydroxylation sites is 1. The van der Waals surface area contributed by atoms with Crippen molar-refractivity contribution >= 4 is 22.2 Å². The summed E-state index contributed by atoms with van der Waals surface area (Å²) < 4.78 is 6.68. The lowest BCUT2D eigenvalue weighted by molar-refractivity contribution is 0.111. The van der Waals surface area contributed by atoms with Crippen LogP contribution in [0.15, 0.2) is 22.7 Å². The fourth-order valence-electron chi connectivity index (χ4n) is 1.87. The van der Waals surface area contributed by atoms with E-state index in [0.29, 0.717) is 23.8 Å². The van der Waals surface area contributed by atoms with Crippen LogP contribution in [0.4, 0.5) is 0 Å². The molecular formula is C15H21BrO2. The van der Waals surface area contributed by atoms with Crippen LogP contribution >= 0.6 is 15.9 Å². The minimum absolute atomic E-state index is 0.566. The number of aldehydes is 1. The predicted molar refractivity (Wildman–Crippen MR) is 78.3 cm³/mol. The molecule has 1 atom stereocenters. The third-order valence-electron chi connectivity index (χ3n) is 3.13. The number of rotatable bonds is 8. The van der Waals surface area contributed by atoms with Crippen LogP contribution < -0.4 is 4.74 Å². The zero-order chi connectivity index (χ0) is 13.4. The summed E-state index contributed by atoms with van der Waals surface area (Å²) in [5, 5.41) is 0. The molecular weight excluding hydrogens is 292 g/mol. The van der Waals surface area contributed by atoms with Gasteiger partial charge in [0, 0.05) is 0 Å². The van der Waals surface area contributed by atoms with Gasteiger partial charge in [0.15, 0.2) is 6.29 Å². The summed E-state index contributed by atoms with van der Waals surface area (Å²) in [4.78, 5) is 11.0. The molecule has 0 radical (unpaired) electrons. The van der Waals surface area contributed by atoms with E-state index in [-0.39, 0.29) is 0 Å². The SMILES string of the molecule is CCCCC(CC)COc1c(Br)cccc1C=O.